The van der Waals surface area contributed by atoms with Crippen molar-refractivity contribution in [3.05, 3.63) is 35.9 Å². The molecule has 1 aromatic rings. The maximum Gasteiger partial charge on any atom is 0.223 e. The third-order valence-corrected chi connectivity index (χ3v) is 3.48. The zero-order chi connectivity index (χ0) is 13.7. The smallest absolute Gasteiger partial charge is 0.223 e. The number of benzene rings is 1. The molecule has 0 bridgehead atoms. The van der Waals surface area contributed by atoms with Crippen LogP contribution in [0.25, 0.3) is 0 Å². The van der Waals surface area contributed by atoms with Crippen LogP contribution in [0.4, 0.5) is 0 Å². The molecule has 1 aliphatic heterocycles. The standard InChI is InChI=1S/C15H20N2O2/c1-12-11-16-9-10-17(12)15(19)8-7-14(18)13-5-3-2-4-6-13/h2-6,12,16H,7-11H2,1H3/t12-/m0/s1. The lowest BCUT2D eigenvalue weighted by Gasteiger charge is -2.34. The first-order chi connectivity index (χ1) is 9.18. The molecule has 1 atom stereocenters. The highest BCUT2D eigenvalue weighted by Gasteiger charge is 2.23. The normalized spacial score (nSPS) is 19.2. The van der Waals surface area contributed by atoms with Crippen molar-refractivity contribution in [3.8, 4) is 0 Å². The molecular weight excluding hydrogens is 240 g/mol. The molecular formula is C15H20N2O2. The van der Waals surface area contributed by atoms with Gasteiger partial charge in [0.05, 0.1) is 0 Å². The van der Waals surface area contributed by atoms with Gasteiger partial charge in [0.1, 0.15) is 0 Å². The van der Waals surface area contributed by atoms with Crippen LogP contribution in [0.5, 0.6) is 0 Å². The molecule has 1 aliphatic rings. The van der Waals surface area contributed by atoms with E-state index in [-0.39, 0.29) is 17.7 Å². The van der Waals surface area contributed by atoms with Gasteiger partial charge in [-0.2, -0.15) is 0 Å². The second-order valence-electron chi connectivity index (χ2n) is 4.93. The minimum absolute atomic E-state index is 0.0386. The Morgan fingerprint density at radius 1 is 1.26 bits per heavy atom. The van der Waals surface area contributed by atoms with Crippen molar-refractivity contribution >= 4 is 11.7 Å². The van der Waals surface area contributed by atoms with Gasteiger partial charge in [-0.15, -0.1) is 0 Å². The Labute approximate surface area is 113 Å². The molecule has 102 valence electrons. The Morgan fingerprint density at radius 2 is 2.00 bits per heavy atom. The first-order valence-corrected chi connectivity index (χ1v) is 6.77. The van der Waals surface area contributed by atoms with Crippen LogP contribution in [0, 0.1) is 0 Å². The number of carbonyl (C=O) groups is 2. The Balaban J connectivity index is 1.85. The Bertz CT molecular complexity index is 445. The summed E-state index contributed by atoms with van der Waals surface area (Å²) in [6, 6.07) is 9.36. The Kier molecular flexibility index (Phi) is 4.68. The van der Waals surface area contributed by atoms with Gasteiger partial charge in [-0.3, -0.25) is 9.59 Å². The predicted molar refractivity (Wildman–Crippen MR) is 74.1 cm³/mol. The van der Waals surface area contributed by atoms with Crippen LogP contribution < -0.4 is 5.32 Å². The number of rotatable bonds is 4. The number of Topliss-reactive ketones (excluding diaryl/α,β-unsaturated/α-hetero) is 1. The average Bonchev–Trinajstić information content (AvgIpc) is 2.46. The highest BCUT2D eigenvalue weighted by atomic mass is 16.2. The topological polar surface area (TPSA) is 49.4 Å². The van der Waals surface area contributed by atoms with Crippen molar-refractivity contribution in [1.29, 1.82) is 0 Å². The van der Waals surface area contributed by atoms with Crippen molar-refractivity contribution in [2.75, 3.05) is 19.6 Å². The molecule has 0 aliphatic carbocycles. The second kappa shape index (κ2) is 6.48. The molecule has 0 saturated carbocycles. The fraction of sp³-hybridized carbons (Fsp3) is 0.467. The van der Waals surface area contributed by atoms with E-state index in [4.69, 9.17) is 0 Å². The van der Waals surface area contributed by atoms with Gasteiger partial charge in [0.15, 0.2) is 5.78 Å². The molecule has 0 unspecified atom stereocenters. The van der Waals surface area contributed by atoms with Gasteiger partial charge in [0.25, 0.3) is 0 Å². The quantitative estimate of drug-likeness (QED) is 0.834. The van der Waals surface area contributed by atoms with E-state index >= 15 is 0 Å². The number of hydrogen-bond donors (Lipinski definition) is 1. The molecule has 4 heteroatoms. The van der Waals surface area contributed by atoms with Crippen LogP contribution in [-0.2, 0) is 4.79 Å². The first kappa shape index (κ1) is 13.7. The molecule has 1 heterocycles. The number of nitrogens with zero attached hydrogens (tertiary/aromatic N) is 1. The maximum absolute atomic E-state index is 12.1. The van der Waals surface area contributed by atoms with E-state index in [9.17, 15) is 9.59 Å². The number of amides is 1. The van der Waals surface area contributed by atoms with Gasteiger partial charge >= 0.3 is 0 Å². The molecule has 1 fully saturated rings. The lowest BCUT2D eigenvalue weighted by atomic mass is 10.1. The van der Waals surface area contributed by atoms with Crippen molar-refractivity contribution < 1.29 is 9.59 Å². The van der Waals surface area contributed by atoms with Crippen molar-refractivity contribution in [2.24, 2.45) is 0 Å². The summed E-state index contributed by atoms with van der Waals surface area (Å²) < 4.78 is 0. The monoisotopic (exact) mass is 260 g/mol. The highest BCUT2D eigenvalue weighted by Crippen LogP contribution is 2.09. The van der Waals surface area contributed by atoms with Crippen LogP contribution in [0.1, 0.15) is 30.1 Å². The second-order valence-corrected chi connectivity index (χ2v) is 4.93. The van der Waals surface area contributed by atoms with Crippen LogP contribution in [0.3, 0.4) is 0 Å². The summed E-state index contributed by atoms with van der Waals surface area (Å²) in [4.78, 5) is 25.9. The number of piperazine rings is 1. The summed E-state index contributed by atoms with van der Waals surface area (Å²) >= 11 is 0. The summed E-state index contributed by atoms with van der Waals surface area (Å²) in [7, 11) is 0. The van der Waals surface area contributed by atoms with Gasteiger partial charge in [0, 0.05) is 44.1 Å². The summed E-state index contributed by atoms with van der Waals surface area (Å²) in [6.07, 6.45) is 0.595. The number of hydrogen-bond acceptors (Lipinski definition) is 3. The molecule has 1 aromatic carbocycles. The molecule has 0 spiro atoms. The van der Waals surface area contributed by atoms with E-state index < -0.39 is 0 Å². The average molecular weight is 260 g/mol. The maximum atomic E-state index is 12.1. The zero-order valence-electron chi connectivity index (χ0n) is 11.3. The third-order valence-electron chi connectivity index (χ3n) is 3.48. The Morgan fingerprint density at radius 3 is 2.68 bits per heavy atom. The van der Waals surface area contributed by atoms with Crippen molar-refractivity contribution in [2.45, 2.75) is 25.8 Å². The fourth-order valence-corrected chi connectivity index (χ4v) is 2.34. The van der Waals surface area contributed by atoms with Crippen LogP contribution in [0.15, 0.2) is 30.3 Å². The Hall–Kier alpha value is -1.68. The minimum Gasteiger partial charge on any atom is -0.337 e. The molecule has 2 rings (SSSR count). The van der Waals surface area contributed by atoms with E-state index in [1.54, 1.807) is 12.1 Å². The highest BCUT2D eigenvalue weighted by molar-refractivity contribution is 5.97. The van der Waals surface area contributed by atoms with E-state index in [1.165, 1.54) is 0 Å². The molecule has 1 amide bonds. The van der Waals surface area contributed by atoms with Crippen LogP contribution in [-0.4, -0.2) is 42.3 Å². The van der Waals surface area contributed by atoms with Crippen LogP contribution >= 0.6 is 0 Å². The third kappa shape index (κ3) is 3.64. The lowest BCUT2D eigenvalue weighted by molar-refractivity contribution is -0.133. The van der Waals surface area contributed by atoms with Gasteiger partial charge < -0.3 is 10.2 Å². The zero-order valence-corrected chi connectivity index (χ0v) is 11.3. The molecule has 1 saturated heterocycles. The SMILES string of the molecule is C[C@H]1CNCCN1C(=O)CCC(=O)c1ccccc1. The first-order valence-electron chi connectivity index (χ1n) is 6.77. The van der Waals surface area contributed by atoms with Crippen molar-refractivity contribution in [1.82, 2.24) is 10.2 Å². The lowest BCUT2D eigenvalue weighted by Crippen LogP contribution is -2.52. The molecule has 19 heavy (non-hydrogen) atoms. The molecule has 4 nitrogen and oxygen atoms in total. The van der Waals surface area contributed by atoms with Gasteiger partial charge in [-0.05, 0) is 6.92 Å². The summed E-state index contributed by atoms with van der Waals surface area (Å²) in [6.45, 7) is 4.43. The van der Waals surface area contributed by atoms with Gasteiger partial charge in [-0.1, -0.05) is 30.3 Å². The minimum atomic E-state index is 0.0386. The summed E-state index contributed by atoms with van der Waals surface area (Å²) in [5.74, 6) is 0.120. The van der Waals surface area contributed by atoms with E-state index in [2.05, 4.69) is 5.32 Å². The molecule has 0 aromatic heterocycles. The van der Waals surface area contributed by atoms with E-state index in [1.807, 2.05) is 30.0 Å². The van der Waals surface area contributed by atoms with Crippen molar-refractivity contribution in [3.63, 3.8) is 0 Å². The molecule has 1 N–H and O–H groups in total. The fourth-order valence-electron chi connectivity index (χ4n) is 2.34. The van der Waals surface area contributed by atoms with Crippen LogP contribution in [0.2, 0.25) is 0 Å². The molecule has 0 radical (unpaired) electrons. The van der Waals surface area contributed by atoms with E-state index in [0.717, 1.165) is 19.6 Å². The van der Waals surface area contributed by atoms with Gasteiger partial charge in [0.2, 0.25) is 5.91 Å². The number of ketones is 1. The van der Waals surface area contributed by atoms with Gasteiger partial charge in [-0.25, -0.2) is 0 Å². The largest absolute Gasteiger partial charge is 0.337 e. The summed E-state index contributed by atoms with van der Waals surface area (Å²) in [5, 5.41) is 3.25. The predicted octanol–water partition coefficient (Wildman–Crippen LogP) is 1.47. The van der Waals surface area contributed by atoms with E-state index in [0.29, 0.717) is 18.4 Å². The summed E-state index contributed by atoms with van der Waals surface area (Å²) in [5.41, 5.74) is 0.684. The number of carbonyl (C=O) groups excluding carboxylic acids is 2. The number of nitrogens with one attached hydrogen (secondary N) is 1.